The minimum Gasteiger partial charge on any atom is -0.488 e. The average molecular weight is 248 g/mol. The number of hydrogen-bond acceptors (Lipinski definition) is 3. The summed E-state index contributed by atoms with van der Waals surface area (Å²) < 4.78 is 18.5. The maximum atomic E-state index is 13.3. The van der Waals surface area contributed by atoms with E-state index in [1.54, 1.807) is 6.07 Å². The molecule has 0 spiro atoms. The molecule has 1 rings (SSSR count). The van der Waals surface area contributed by atoms with Crippen LogP contribution in [0.1, 0.15) is 6.92 Å². The molecule has 5 heteroatoms. The van der Waals surface area contributed by atoms with Gasteiger partial charge in [-0.1, -0.05) is 24.6 Å². The minimum atomic E-state index is -0.668. The third-order valence-corrected chi connectivity index (χ3v) is 2.27. The molecule has 0 amide bonds. The largest absolute Gasteiger partial charge is 0.488 e. The van der Waals surface area contributed by atoms with E-state index in [1.165, 1.54) is 12.1 Å². The Morgan fingerprint density at radius 2 is 2.31 bits per heavy atom. The second-order valence-electron chi connectivity index (χ2n) is 3.32. The molecule has 2 N–H and O–H groups in total. The highest BCUT2D eigenvalue weighted by molar-refractivity contribution is 6.30. The van der Waals surface area contributed by atoms with Gasteiger partial charge in [0.25, 0.3) is 0 Å². The average Bonchev–Trinajstić information content (AvgIpc) is 2.28. The normalized spacial score (nSPS) is 12.5. The van der Waals surface area contributed by atoms with Crippen LogP contribution in [0.15, 0.2) is 18.2 Å². The number of halogens is 2. The second-order valence-corrected chi connectivity index (χ2v) is 3.73. The van der Waals surface area contributed by atoms with Crippen LogP contribution in [0.4, 0.5) is 4.39 Å². The van der Waals surface area contributed by atoms with E-state index in [-0.39, 0.29) is 17.4 Å². The Bertz CT molecular complexity index is 336. The van der Waals surface area contributed by atoms with Crippen molar-refractivity contribution in [2.45, 2.75) is 13.0 Å². The first-order valence-corrected chi connectivity index (χ1v) is 5.48. The Morgan fingerprint density at radius 3 is 3.00 bits per heavy atom. The number of rotatable bonds is 6. The van der Waals surface area contributed by atoms with Gasteiger partial charge in [-0.05, 0) is 18.7 Å². The maximum Gasteiger partial charge on any atom is 0.183 e. The fraction of sp³-hybridized carbons (Fsp3) is 0.455. The molecule has 0 radical (unpaired) electrons. The molecule has 16 heavy (non-hydrogen) atoms. The number of ether oxygens (including phenoxy) is 1. The highest BCUT2D eigenvalue weighted by Crippen LogP contribution is 2.23. The van der Waals surface area contributed by atoms with E-state index in [4.69, 9.17) is 16.3 Å². The molecule has 0 aliphatic carbocycles. The molecule has 1 aromatic carbocycles. The summed E-state index contributed by atoms with van der Waals surface area (Å²) in [7, 11) is 0. The minimum absolute atomic E-state index is 0.0127. The van der Waals surface area contributed by atoms with Gasteiger partial charge in [0.1, 0.15) is 12.7 Å². The third-order valence-electron chi connectivity index (χ3n) is 1.98. The first-order valence-electron chi connectivity index (χ1n) is 5.10. The third kappa shape index (κ3) is 3.96. The zero-order valence-corrected chi connectivity index (χ0v) is 9.80. The summed E-state index contributed by atoms with van der Waals surface area (Å²) in [4.78, 5) is 0. The topological polar surface area (TPSA) is 41.5 Å². The summed E-state index contributed by atoms with van der Waals surface area (Å²) in [5.74, 6) is -0.539. The molecule has 0 saturated carbocycles. The summed E-state index contributed by atoms with van der Waals surface area (Å²) in [6.45, 7) is 3.15. The van der Waals surface area contributed by atoms with Crippen molar-refractivity contribution in [3.05, 3.63) is 29.0 Å². The number of aliphatic hydroxyl groups is 1. The lowest BCUT2D eigenvalue weighted by Crippen LogP contribution is -2.31. The smallest absolute Gasteiger partial charge is 0.183 e. The molecule has 1 atom stereocenters. The predicted octanol–water partition coefficient (Wildman–Crippen LogP) is 1.83. The molecule has 3 nitrogen and oxygen atoms in total. The number of aliphatic hydroxyl groups excluding tert-OH is 1. The highest BCUT2D eigenvalue weighted by atomic mass is 35.5. The number of hydrogen-bond donors (Lipinski definition) is 2. The van der Waals surface area contributed by atoms with Crippen LogP contribution in [0.3, 0.4) is 0 Å². The molecular formula is C11H15ClFNO2. The predicted molar refractivity (Wildman–Crippen MR) is 61.5 cm³/mol. The highest BCUT2D eigenvalue weighted by Gasteiger charge is 2.09. The summed E-state index contributed by atoms with van der Waals surface area (Å²) in [5.41, 5.74) is 0. The van der Waals surface area contributed by atoms with Gasteiger partial charge in [-0.25, -0.2) is 4.39 Å². The fourth-order valence-electron chi connectivity index (χ4n) is 1.15. The van der Waals surface area contributed by atoms with Crippen molar-refractivity contribution in [2.75, 3.05) is 19.7 Å². The molecule has 1 aromatic rings. The van der Waals surface area contributed by atoms with Crippen LogP contribution in [-0.4, -0.2) is 30.9 Å². The van der Waals surface area contributed by atoms with Crippen molar-refractivity contribution in [2.24, 2.45) is 0 Å². The number of nitrogens with one attached hydrogen (secondary N) is 1. The molecule has 0 fully saturated rings. The Kier molecular flexibility index (Phi) is 5.52. The van der Waals surface area contributed by atoms with E-state index in [0.29, 0.717) is 6.54 Å². The van der Waals surface area contributed by atoms with Crippen LogP contribution in [0.5, 0.6) is 5.75 Å². The van der Waals surface area contributed by atoms with Crippen LogP contribution in [-0.2, 0) is 0 Å². The lowest BCUT2D eigenvalue weighted by molar-refractivity contribution is 0.105. The standard InChI is InChI=1S/C11H15ClFNO2/c1-2-14-6-8(15)7-16-10-5-3-4-9(12)11(10)13/h3-5,8,14-15H,2,6-7H2,1H3. The lowest BCUT2D eigenvalue weighted by atomic mass is 10.3. The molecule has 0 saturated heterocycles. The molecule has 90 valence electrons. The van der Waals surface area contributed by atoms with E-state index in [0.717, 1.165) is 6.54 Å². The zero-order chi connectivity index (χ0) is 12.0. The van der Waals surface area contributed by atoms with Crippen molar-refractivity contribution < 1.29 is 14.2 Å². The number of benzene rings is 1. The van der Waals surface area contributed by atoms with E-state index >= 15 is 0 Å². The lowest BCUT2D eigenvalue weighted by Gasteiger charge is -2.13. The van der Waals surface area contributed by atoms with Gasteiger partial charge in [0.15, 0.2) is 11.6 Å². The van der Waals surface area contributed by atoms with Crippen molar-refractivity contribution in [1.82, 2.24) is 5.32 Å². The molecule has 0 aliphatic rings. The van der Waals surface area contributed by atoms with Gasteiger partial charge in [-0.2, -0.15) is 0 Å². The van der Waals surface area contributed by atoms with E-state index in [2.05, 4.69) is 5.32 Å². The Hall–Kier alpha value is -0.840. The van der Waals surface area contributed by atoms with Gasteiger partial charge in [0, 0.05) is 6.54 Å². The molecule has 0 aromatic heterocycles. The number of likely N-dealkylation sites (N-methyl/N-ethyl adjacent to an activating group) is 1. The summed E-state index contributed by atoms with van der Waals surface area (Å²) >= 11 is 5.58. The SMILES string of the molecule is CCNCC(O)COc1cccc(Cl)c1F. The molecule has 0 heterocycles. The summed E-state index contributed by atoms with van der Waals surface area (Å²) in [5, 5.41) is 12.4. The molecule has 1 unspecified atom stereocenters. The molecular weight excluding hydrogens is 233 g/mol. The van der Waals surface area contributed by atoms with E-state index in [9.17, 15) is 9.50 Å². The monoisotopic (exact) mass is 247 g/mol. The Morgan fingerprint density at radius 1 is 1.56 bits per heavy atom. The quantitative estimate of drug-likeness (QED) is 0.806. The van der Waals surface area contributed by atoms with Crippen LogP contribution in [0, 0.1) is 5.82 Å². The van der Waals surface area contributed by atoms with Gasteiger partial charge in [-0.3, -0.25) is 0 Å². The van der Waals surface area contributed by atoms with Crippen LogP contribution < -0.4 is 10.1 Å². The van der Waals surface area contributed by atoms with Crippen molar-refractivity contribution in [1.29, 1.82) is 0 Å². The zero-order valence-electron chi connectivity index (χ0n) is 9.04. The van der Waals surface area contributed by atoms with E-state index < -0.39 is 11.9 Å². The van der Waals surface area contributed by atoms with Gasteiger partial charge < -0.3 is 15.2 Å². The van der Waals surface area contributed by atoms with Crippen molar-refractivity contribution >= 4 is 11.6 Å². The van der Waals surface area contributed by atoms with Crippen LogP contribution in [0.25, 0.3) is 0 Å². The fourth-order valence-corrected chi connectivity index (χ4v) is 1.32. The summed E-state index contributed by atoms with van der Waals surface area (Å²) in [6, 6.07) is 4.51. The summed E-state index contributed by atoms with van der Waals surface area (Å²) in [6.07, 6.45) is -0.668. The van der Waals surface area contributed by atoms with E-state index in [1.807, 2.05) is 6.92 Å². The van der Waals surface area contributed by atoms with Crippen molar-refractivity contribution in [3.8, 4) is 5.75 Å². The Balaban J connectivity index is 2.45. The van der Waals surface area contributed by atoms with Gasteiger partial charge in [-0.15, -0.1) is 0 Å². The van der Waals surface area contributed by atoms with Crippen molar-refractivity contribution in [3.63, 3.8) is 0 Å². The maximum absolute atomic E-state index is 13.3. The Labute approximate surface area is 99.2 Å². The molecule has 0 bridgehead atoms. The van der Waals surface area contributed by atoms with Gasteiger partial charge in [0.05, 0.1) is 5.02 Å². The van der Waals surface area contributed by atoms with Crippen LogP contribution >= 0.6 is 11.6 Å². The van der Waals surface area contributed by atoms with Gasteiger partial charge >= 0.3 is 0 Å². The molecule has 0 aliphatic heterocycles. The first kappa shape index (κ1) is 13.2. The van der Waals surface area contributed by atoms with Gasteiger partial charge in [0.2, 0.25) is 0 Å². The first-order chi connectivity index (χ1) is 7.65. The second kappa shape index (κ2) is 6.68. The van der Waals surface area contributed by atoms with Crippen LogP contribution in [0.2, 0.25) is 5.02 Å².